The van der Waals surface area contributed by atoms with E-state index in [9.17, 15) is 4.79 Å². The minimum atomic E-state index is -0.491. The summed E-state index contributed by atoms with van der Waals surface area (Å²) in [5.74, 6) is -0.241. The Bertz CT molecular complexity index is 885. The maximum atomic E-state index is 12.4. The Labute approximate surface area is 141 Å². The molecule has 0 radical (unpaired) electrons. The molecule has 0 atom stereocenters. The number of rotatable bonds is 6. The minimum Gasteiger partial charge on any atom is -0.378 e. The SMILES string of the molecule is CCCc1c(C(=O)NN=Cc2ccncc2)nnn1-c1nonc1N. The molecule has 0 aliphatic carbocycles. The number of anilines is 1. The van der Waals surface area contributed by atoms with Crippen molar-refractivity contribution >= 4 is 17.9 Å². The van der Waals surface area contributed by atoms with Crippen LogP contribution in [0.15, 0.2) is 34.3 Å². The Morgan fingerprint density at radius 3 is 2.88 bits per heavy atom. The summed E-state index contributed by atoms with van der Waals surface area (Å²) in [6, 6.07) is 3.52. The molecule has 0 spiro atoms. The molecule has 0 bridgehead atoms. The van der Waals surface area contributed by atoms with Gasteiger partial charge in [-0.05, 0) is 34.4 Å². The van der Waals surface area contributed by atoms with Gasteiger partial charge in [0.1, 0.15) is 0 Å². The minimum absolute atomic E-state index is 0.0601. The molecule has 3 heterocycles. The fourth-order valence-electron chi connectivity index (χ4n) is 2.11. The van der Waals surface area contributed by atoms with Crippen molar-refractivity contribution in [2.75, 3.05) is 5.73 Å². The molecule has 0 aliphatic heterocycles. The number of nitrogens with one attached hydrogen (secondary N) is 1. The first-order valence-corrected chi connectivity index (χ1v) is 7.47. The number of aromatic nitrogens is 6. The van der Waals surface area contributed by atoms with Crippen LogP contribution >= 0.6 is 0 Å². The molecule has 0 fully saturated rings. The van der Waals surface area contributed by atoms with Crippen LogP contribution in [0.2, 0.25) is 0 Å². The van der Waals surface area contributed by atoms with Gasteiger partial charge in [-0.25, -0.2) is 10.1 Å². The lowest BCUT2D eigenvalue weighted by molar-refractivity contribution is 0.0949. The highest BCUT2D eigenvalue weighted by atomic mass is 16.6. The topological polar surface area (TPSA) is 150 Å². The van der Waals surface area contributed by atoms with E-state index in [2.05, 4.69) is 40.8 Å². The lowest BCUT2D eigenvalue weighted by atomic mass is 10.2. The Morgan fingerprint density at radius 2 is 2.20 bits per heavy atom. The third-order valence-electron chi connectivity index (χ3n) is 3.25. The van der Waals surface area contributed by atoms with Gasteiger partial charge in [-0.15, -0.1) is 5.10 Å². The van der Waals surface area contributed by atoms with Crippen molar-refractivity contribution in [2.24, 2.45) is 5.10 Å². The van der Waals surface area contributed by atoms with E-state index in [1.807, 2.05) is 6.92 Å². The van der Waals surface area contributed by atoms with Crippen LogP contribution in [0.4, 0.5) is 5.82 Å². The predicted molar refractivity (Wildman–Crippen MR) is 86.9 cm³/mol. The van der Waals surface area contributed by atoms with Crippen LogP contribution in [0, 0.1) is 0 Å². The van der Waals surface area contributed by atoms with E-state index in [0.29, 0.717) is 12.1 Å². The van der Waals surface area contributed by atoms with Crippen LogP contribution in [0.25, 0.3) is 5.82 Å². The average molecular weight is 341 g/mol. The van der Waals surface area contributed by atoms with E-state index in [-0.39, 0.29) is 17.3 Å². The fourth-order valence-corrected chi connectivity index (χ4v) is 2.11. The molecule has 11 nitrogen and oxygen atoms in total. The summed E-state index contributed by atoms with van der Waals surface area (Å²) < 4.78 is 5.92. The van der Waals surface area contributed by atoms with E-state index < -0.39 is 5.91 Å². The normalized spacial score (nSPS) is 11.1. The van der Waals surface area contributed by atoms with E-state index >= 15 is 0 Å². The monoisotopic (exact) mass is 341 g/mol. The average Bonchev–Trinajstić information content (AvgIpc) is 3.22. The maximum Gasteiger partial charge on any atom is 0.293 e. The zero-order valence-electron chi connectivity index (χ0n) is 13.3. The van der Waals surface area contributed by atoms with Crippen LogP contribution in [0.3, 0.4) is 0 Å². The number of pyridine rings is 1. The molecule has 3 aromatic rings. The summed E-state index contributed by atoms with van der Waals surface area (Å²) in [6.45, 7) is 1.96. The van der Waals surface area contributed by atoms with Gasteiger partial charge in [-0.2, -0.15) is 9.78 Å². The van der Waals surface area contributed by atoms with Crippen LogP contribution in [0.5, 0.6) is 0 Å². The standard InChI is InChI=1S/C14H15N9O2/c1-2-3-10-11(18-22-23(10)13-12(15)20-25-21-13)14(24)19-17-8-9-4-6-16-7-5-9/h4-8H,2-3H2,1H3,(H2,15,20)(H,19,24). The van der Waals surface area contributed by atoms with Crippen LogP contribution < -0.4 is 11.2 Å². The molecule has 0 aliphatic rings. The van der Waals surface area contributed by atoms with Gasteiger partial charge in [0.05, 0.1) is 11.9 Å². The van der Waals surface area contributed by atoms with Crippen molar-refractivity contribution in [3.05, 3.63) is 41.5 Å². The summed E-state index contributed by atoms with van der Waals surface area (Å²) in [5.41, 5.74) is 9.58. The summed E-state index contributed by atoms with van der Waals surface area (Å²) in [4.78, 5) is 16.3. The van der Waals surface area contributed by atoms with Crippen LogP contribution in [0.1, 0.15) is 35.1 Å². The third-order valence-corrected chi connectivity index (χ3v) is 3.25. The van der Waals surface area contributed by atoms with Gasteiger partial charge < -0.3 is 5.73 Å². The van der Waals surface area contributed by atoms with Crippen molar-refractivity contribution in [3.8, 4) is 5.82 Å². The highest BCUT2D eigenvalue weighted by Gasteiger charge is 2.23. The van der Waals surface area contributed by atoms with Crippen molar-refractivity contribution in [1.82, 2.24) is 35.7 Å². The smallest absolute Gasteiger partial charge is 0.293 e. The highest BCUT2D eigenvalue weighted by molar-refractivity contribution is 5.94. The molecule has 0 saturated heterocycles. The number of carbonyl (C=O) groups is 1. The van der Waals surface area contributed by atoms with E-state index in [4.69, 9.17) is 5.73 Å². The molecule has 3 rings (SSSR count). The lowest BCUT2D eigenvalue weighted by Crippen LogP contribution is -2.20. The number of amides is 1. The molecule has 1 amide bonds. The quantitative estimate of drug-likeness (QED) is 0.481. The largest absolute Gasteiger partial charge is 0.378 e. The lowest BCUT2D eigenvalue weighted by Gasteiger charge is -2.03. The number of hydrogen-bond acceptors (Lipinski definition) is 9. The molecule has 3 N–H and O–H groups in total. The number of hydrogen-bond donors (Lipinski definition) is 2. The fraction of sp³-hybridized carbons (Fsp3) is 0.214. The summed E-state index contributed by atoms with van der Waals surface area (Å²) in [7, 11) is 0. The molecule has 128 valence electrons. The van der Waals surface area contributed by atoms with Gasteiger partial charge in [0, 0.05) is 12.4 Å². The Hall–Kier alpha value is -3.63. The molecule has 25 heavy (non-hydrogen) atoms. The highest BCUT2D eigenvalue weighted by Crippen LogP contribution is 2.17. The van der Waals surface area contributed by atoms with Gasteiger partial charge in [0.15, 0.2) is 5.69 Å². The molecular weight excluding hydrogens is 326 g/mol. The van der Waals surface area contributed by atoms with Gasteiger partial charge >= 0.3 is 0 Å². The second-order valence-electron chi connectivity index (χ2n) is 5.00. The van der Waals surface area contributed by atoms with Gasteiger partial charge in [-0.1, -0.05) is 18.6 Å². The number of nitrogen functional groups attached to an aromatic ring is 1. The zero-order chi connectivity index (χ0) is 17.6. The van der Waals surface area contributed by atoms with E-state index in [1.165, 1.54) is 10.9 Å². The first kappa shape index (κ1) is 16.2. The number of carbonyl (C=O) groups excluding carboxylic acids is 1. The molecular formula is C14H15N9O2. The van der Waals surface area contributed by atoms with Crippen LogP contribution in [-0.4, -0.2) is 42.4 Å². The van der Waals surface area contributed by atoms with E-state index in [0.717, 1.165) is 12.0 Å². The first-order valence-electron chi connectivity index (χ1n) is 7.47. The summed E-state index contributed by atoms with van der Waals surface area (Å²) >= 11 is 0. The summed E-state index contributed by atoms with van der Waals surface area (Å²) in [5, 5.41) is 18.9. The van der Waals surface area contributed by atoms with Crippen molar-refractivity contribution in [1.29, 1.82) is 0 Å². The van der Waals surface area contributed by atoms with Gasteiger partial charge in [0.2, 0.25) is 11.6 Å². The Kier molecular flexibility index (Phi) is 4.74. The Morgan fingerprint density at radius 1 is 1.40 bits per heavy atom. The second-order valence-corrected chi connectivity index (χ2v) is 5.00. The zero-order valence-corrected chi connectivity index (χ0v) is 13.3. The molecule has 0 unspecified atom stereocenters. The Balaban J connectivity index is 1.82. The van der Waals surface area contributed by atoms with Crippen molar-refractivity contribution in [3.63, 3.8) is 0 Å². The molecule has 3 aromatic heterocycles. The van der Waals surface area contributed by atoms with Gasteiger partial charge in [-0.3, -0.25) is 9.78 Å². The molecule has 11 heteroatoms. The predicted octanol–water partition coefficient (Wildman–Crippen LogP) is 0.344. The van der Waals surface area contributed by atoms with Crippen LogP contribution in [-0.2, 0) is 6.42 Å². The van der Waals surface area contributed by atoms with Gasteiger partial charge in [0.25, 0.3) is 5.91 Å². The number of hydrazone groups is 1. The second kappa shape index (κ2) is 7.29. The molecule has 0 saturated carbocycles. The number of nitrogens with zero attached hydrogens (tertiary/aromatic N) is 7. The number of nitrogens with two attached hydrogens (primary N) is 1. The van der Waals surface area contributed by atoms with Crippen molar-refractivity contribution < 1.29 is 9.42 Å². The first-order chi connectivity index (χ1) is 12.2. The molecule has 0 aromatic carbocycles. The van der Waals surface area contributed by atoms with Crippen molar-refractivity contribution in [2.45, 2.75) is 19.8 Å². The maximum absolute atomic E-state index is 12.4. The third kappa shape index (κ3) is 3.49. The summed E-state index contributed by atoms with van der Waals surface area (Å²) in [6.07, 6.45) is 6.06. The van der Waals surface area contributed by atoms with E-state index in [1.54, 1.807) is 24.5 Å².